The zero-order chi connectivity index (χ0) is 43.3. The van der Waals surface area contributed by atoms with Crippen molar-refractivity contribution in [2.75, 3.05) is 26.7 Å². The molecule has 3 saturated carbocycles. The first-order valence-corrected chi connectivity index (χ1v) is 23.7. The first-order chi connectivity index (χ1) is 29.1. The van der Waals surface area contributed by atoms with Gasteiger partial charge in [0.2, 0.25) is 27.7 Å². The van der Waals surface area contributed by atoms with Crippen molar-refractivity contribution in [2.45, 2.75) is 109 Å². The minimum absolute atomic E-state index is 0.0177. The van der Waals surface area contributed by atoms with E-state index in [-0.39, 0.29) is 49.8 Å². The lowest BCUT2D eigenvalue weighted by molar-refractivity contribution is -0.149. The maximum atomic E-state index is 15.1. The number of fused-ring (bicyclic) bond motifs is 2. The molecule has 0 spiro atoms. The molecule has 7 atom stereocenters. The molecule has 2 aromatic carbocycles. The van der Waals surface area contributed by atoms with Crippen molar-refractivity contribution in [1.82, 2.24) is 19.5 Å². The van der Waals surface area contributed by atoms with Gasteiger partial charge in [0.05, 0.1) is 47.5 Å². The second kappa shape index (κ2) is 16.8. The van der Waals surface area contributed by atoms with E-state index in [0.29, 0.717) is 53.9 Å². The summed E-state index contributed by atoms with van der Waals surface area (Å²) in [4.78, 5) is 66.3. The number of aromatic nitrogens is 1. The molecule has 2 unspecified atom stereocenters. The van der Waals surface area contributed by atoms with Crippen LogP contribution in [0.5, 0.6) is 11.5 Å². The number of pyridine rings is 1. The van der Waals surface area contributed by atoms with Crippen LogP contribution in [0.15, 0.2) is 67.3 Å². The Morgan fingerprint density at radius 1 is 0.984 bits per heavy atom. The lowest BCUT2D eigenvalue weighted by atomic mass is 9.74. The van der Waals surface area contributed by atoms with E-state index in [2.05, 4.69) is 11.3 Å². The molecular formula is C48H60N4O8S. The molecule has 12 nitrogen and oxygen atoms in total. The minimum Gasteiger partial charge on any atom is -0.497 e. The van der Waals surface area contributed by atoms with E-state index < -0.39 is 56.0 Å². The van der Waals surface area contributed by atoms with Gasteiger partial charge in [-0.3, -0.25) is 23.9 Å². The lowest BCUT2D eigenvalue weighted by Gasteiger charge is -2.42. The van der Waals surface area contributed by atoms with E-state index in [1.54, 1.807) is 18.1 Å². The first-order valence-electron chi connectivity index (χ1n) is 22.1. The van der Waals surface area contributed by atoms with Gasteiger partial charge >= 0.3 is 0 Å². The maximum Gasteiger partial charge on any atom is 0.240 e. The number of rotatable bonds is 14. The first kappa shape index (κ1) is 42.9. The number of likely N-dealkylation sites (tertiary alicyclic amines) is 2. The van der Waals surface area contributed by atoms with Crippen molar-refractivity contribution in [3.63, 3.8) is 0 Å². The van der Waals surface area contributed by atoms with Gasteiger partial charge in [-0.05, 0) is 67.4 Å². The van der Waals surface area contributed by atoms with E-state index in [1.165, 1.54) is 19.3 Å². The molecule has 1 N–H and O–H groups in total. The van der Waals surface area contributed by atoms with Crippen LogP contribution in [0.1, 0.15) is 91.4 Å². The molecule has 2 aliphatic heterocycles. The zero-order valence-corrected chi connectivity index (χ0v) is 36.8. The van der Waals surface area contributed by atoms with E-state index >= 15 is 4.79 Å². The van der Waals surface area contributed by atoms with Crippen molar-refractivity contribution >= 4 is 44.4 Å². The van der Waals surface area contributed by atoms with Gasteiger partial charge < -0.3 is 19.3 Å². The van der Waals surface area contributed by atoms with Crippen molar-refractivity contribution in [2.24, 2.45) is 34.5 Å². The molecule has 3 aromatic rings. The molecule has 8 rings (SSSR count). The Bertz CT molecular complexity index is 2310. The Kier molecular flexibility index (Phi) is 11.8. The predicted molar refractivity (Wildman–Crippen MR) is 233 cm³/mol. The standard InChI is InChI=1S/C48H60N4O8S/c1-6-33-26-48(33,46(56)50-61(57,58)36-17-18-36)27-42(53)41-23-35(60-43-25-39(31-13-8-7-9-14-31)49-40-22-34(59-5)16-19-37(40)43)29-52(41)45(55)38(47(2,3)4)24-44(54)51-21-20-30-12-10-11-15-32(30)28-51/h6-9,13-14,16,19,22,25,30,32-33,35-36,38,41H,1,10-12,15,17-18,20-21,23-24,26-29H2,2-5H3,(H,50,56)/t30?,32?,33-,35-,38-,41+,48-/m1/s1. The molecule has 61 heavy (non-hydrogen) atoms. The van der Waals surface area contributed by atoms with Crippen LogP contribution in [-0.2, 0) is 29.2 Å². The number of benzene rings is 2. The van der Waals surface area contributed by atoms with E-state index in [1.807, 2.05) is 80.3 Å². The largest absolute Gasteiger partial charge is 0.497 e. The third-order valence-corrected chi connectivity index (χ3v) is 16.0. The Morgan fingerprint density at radius 3 is 2.39 bits per heavy atom. The fourth-order valence-electron chi connectivity index (χ4n) is 10.2. The summed E-state index contributed by atoms with van der Waals surface area (Å²) < 4.78 is 40.4. The number of nitrogens with one attached hydrogen (secondary N) is 1. The van der Waals surface area contributed by atoms with Crippen molar-refractivity contribution in [3.05, 3.63) is 67.3 Å². The number of sulfonamides is 1. The summed E-state index contributed by atoms with van der Waals surface area (Å²) in [5.74, 6) is -0.228. The third kappa shape index (κ3) is 8.95. The van der Waals surface area contributed by atoms with Gasteiger partial charge in [0.25, 0.3) is 0 Å². The second-order valence-corrected chi connectivity index (χ2v) is 21.3. The van der Waals surface area contributed by atoms with Crippen molar-refractivity contribution in [3.8, 4) is 22.8 Å². The number of amides is 3. The molecule has 2 saturated heterocycles. The predicted octanol–water partition coefficient (Wildman–Crippen LogP) is 7.11. The maximum absolute atomic E-state index is 15.1. The van der Waals surface area contributed by atoms with Crippen LogP contribution in [0.2, 0.25) is 0 Å². The number of nitrogens with zero attached hydrogens (tertiary/aromatic N) is 3. The molecule has 0 bridgehead atoms. The number of piperidine rings is 1. The second-order valence-electron chi connectivity index (χ2n) is 19.3. The molecule has 5 aliphatic rings. The van der Waals surface area contributed by atoms with Gasteiger partial charge in [-0.2, -0.15) is 0 Å². The van der Waals surface area contributed by atoms with Crippen LogP contribution in [0.25, 0.3) is 22.2 Å². The number of carbonyl (C=O) groups is 4. The molecule has 3 heterocycles. The van der Waals surface area contributed by atoms with E-state index in [0.717, 1.165) is 30.3 Å². The molecule has 5 fully saturated rings. The van der Waals surface area contributed by atoms with Gasteiger partial charge in [-0.25, -0.2) is 13.4 Å². The third-order valence-electron chi connectivity index (χ3n) is 14.2. The minimum atomic E-state index is -3.86. The molecular weight excluding hydrogens is 793 g/mol. The summed E-state index contributed by atoms with van der Waals surface area (Å²) in [6.07, 6.45) is 7.88. The molecule has 3 aliphatic carbocycles. The lowest BCUT2D eigenvalue weighted by Crippen LogP contribution is -2.50. The number of ketones is 1. The Labute approximate surface area is 359 Å². The highest BCUT2D eigenvalue weighted by molar-refractivity contribution is 7.90. The monoisotopic (exact) mass is 852 g/mol. The van der Waals surface area contributed by atoms with Gasteiger partial charge in [0.15, 0.2) is 5.78 Å². The van der Waals surface area contributed by atoms with Crippen LogP contribution in [-0.4, -0.2) is 90.8 Å². The molecule has 1 aromatic heterocycles. The fraction of sp³-hybridized carbons (Fsp3) is 0.562. The van der Waals surface area contributed by atoms with Crippen LogP contribution >= 0.6 is 0 Å². The fourth-order valence-corrected chi connectivity index (χ4v) is 11.6. The zero-order valence-electron chi connectivity index (χ0n) is 35.9. The summed E-state index contributed by atoms with van der Waals surface area (Å²) in [6, 6.07) is 16.2. The Morgan fingerprint density at radius 2 is 1.72 bits per heavy atom. The van der Waals surface area contributed by atoms with Gasteiger partial charge in [0, 0.05) is 55.4 Å². The summed E-state index contributed by atoms with van der Waals surface area (Å²) >= 11 is 0. The highest BCUT2D eigenvalue weighted by atomic mass is 32.2. The smallest absolute Gasteiger partial charge is 0.240 e. The normalized spacial score (nSPS) is 26.9. The van der Waals surface area contributed by atoms with Gasteiger partial charge in [-0.15, -0.1) is 6.58 Å². The number of allylic oxidation sites excluding steroid dienone is 1. The van der Waals surface area contributed by atoms with Crippen LogP contribution in [0.3, 0.4) is 0 Å². The average molecular weight is 853 g/mol. The molecule has 326 valence electrons. The Balaban J connectivity index is 1.10. The van der Waals surface area contributed by atoms with Crippen molar-refractivity contribution < 1.29 is 37.1 Å². The van der Waals surface area contributed by atoms with Gasteiger partial charge in [0.1, 0.15) is 17.6 Å². The van der Waals surface area contributed by atoms with Crippen LogP contribution in [0, 0.1) is 34.5 Å². The highest BCUT2D eigenvalue weighted by Crippen LogP contribution is 2.57. The SMILES string of the molecule is C=C[C@@H]1C[C@]1(CC(=O)[C@@H]1C[C@@H](Oc2cc(-c3ccccc3)nc3cc(OC)ccc23)CN1C(=O)[C@@H](CC(=O)N1CCC2CCCCC2C1)C(C)(C)C)C(=O)NS(=O)(=O)C1CC1. The molecule has 0 radical (unpaired) electrons. The Hall–Kier alpha value is -4.78. The number of hydrogen-bond donors (Lipinski definition) is 1. The summed E-state index contributed by atoms with van der Waals surface area (Å²) in [5, 5.41) is 0.122. The van der Waals surface area contributed by atoms with Crippen LogP contribution < -0.4 is 14.2 Å². The molecule has 3 amide bonds. The van der Waals surface area contributed by atoms with Gasteiger partial charge in [-0.1, -0.05) is 76.4 Å². The summed E-state index contributed by atoms with van der Waals surface area (Å²) in [7, 11) is -2.27. The van der Waals surface area contributed by atoms with E-state index in [9.17, 15) is 22.8 Å². The summed E-state index contributed by atoms with van der Waals surface area (Å²) in [6.45, 7) is 11.2. The number of carbonyl (C=O) groups excluding carboxylic acids is 4. The number of ether oxygens (including phenoxy) is 2. The quantitative estimate of drug-likeness (QED) is 0.167. The van der Waals surface area contributed by atoms with Crippen LogP contribution in [0.4, 0.5) is 0 Å². The number of methoxy groups -OCH3 is 1. The highest BCUT2D eigenvalue weighted by Gasteiger charge is 2.61. The average Bonchev–Trinajstić information content (AvgIpc) is 4.18. The molecule has 13 heteroatoms. The topological polar surface area (TPSA) is 152 Å². The van der Waals surface area contributed by atoms with E-state index in [4.69, 9.17) is 14.5 Å². The number of hydrogen-bond acceptors (Lipinski definition) is 9. The number of Topliss-reactive ketones (excluding diaryl/α,β-unsaturated/α-hetero) is 1. The van der Waals surface area contributed by atoms with Crippen molar-refractivity contribution in [1.29, 1.82) is 0 Å². The summed E-state index contributed by atoms with van der Waals surface area (Å²) in [5.41, 5.74) is 0.292.